The van der Waals surface area contributed by atoms with Crippen LogP contribution in [0.2, 0.25) is 5.02 Å². The third-order valence-corrected chi connectivity index (χ3v) is 4.04. The molecule has 1 fully saturated rings. The molecule has 1 N–H and O–H groups in total. The van der Waals surface area contributed by atoms with Gasteiger partial charge in [-0.15, -0.1) is 0 Å². The van der Waals surface area contributed by atoms with E-state index in [4.69, 9.17) is 11.6 Å². The van der Waals surface area contributed by atoms with E-state index >= 15 is 0 Å². The average molecular weight is 344 g/mol. The minimum absolute atomic E-state index is 0.194. The van der Waals surface area contributed by atoms with Crippen LogP contribution in [0.25, 0.3) is 0 Å². The topological polar surface area (TPSA) is 60.8 Å². The van der Waals surface area contributed by atoms with Crippen LogP contribution >= 0.6 is 11.6 Å². The molecule has 2 heterocycles. The van der Waals surface area contributed by atoms with Gasteiger partial charge in [0.2, 0.25) is 0 Å². The number of pyridine rings is 1. The van der Waals surface area contributed by atoms with Crippen molar-refractivity contribution < 1.29 is 4.79 Å². The summed E-state index contributed by atoms with van der Waals surface area (Å²) in [5.41, 5.74) is 3.43. The molecule has 0 spiro atoms. The second-order valence-electron chi connectivity index (χ2n) is 5.39. The second-order valence-corrected chi connectivity index (χ2v) is 5.83. The van der Waals surface area contributed by atoms with Crippen LogP contribution in [0, 0.1) is 0 Å². The van der Waals surface area contributed by atoms with Gasteiger partial charge >= 0.3 is 6.03 Å². The van der Waals surface area contributed by atoms with Crippen LogP contribution in [0.4, 0.5) is 10.6 Å². The highest BCUT2D eigenvalue weighted by Gasteiger charge is 2.21. The normalized spacial score (nSPS) is 14.9. The number of nitrogens with one attached hydrogen (secondary N) is 1. The quantitative estimate of drug-likeness (QED) is 0.688. The van der Waals surface area contributed by atoms with Crippen molar-refractivity contribution in [3.05, 3.63) is 59.2 Å². The summed E-state index contributed by atoms with van der Waals surface area (Å²) < 4.78 is 0. The summed E-state index contributed by atoms with van der Waals surface area (Å²) in [4.78, 5) is 20.4. The number of rotatable bonds is 3. The lowest BCUT2D eigenvalue weighted by Gasteiger charge is -2.34. The summed E-state index contributed by atoms with van der Waals surface area (Å²) in [5.74, 6) is 0.943. The minimum Gasteiger partial charge on any atom is -0.353 e. The number of halogens is 1. The maximum atomic E-state index is 12.1. The van der Waals surface area contributed by atoms with E-state index in [9.17, 15) is 4.79 Å². The molecule has 2 aromatic rings. The molecule has 0 aliphatic carbocycles. The number of hydrogen-bond donors (Lipinski definition) is 1. The summed E-state index contributed by atoms with van der Waals surface area (Å²) >= 11 is 5.82. The zero-order valence-electron chi connectivity index (χ0n) is 13.1. The summed E-state index contributed by atoms with van der Waals surface area (Å²) in [7, 11) is 0. The van der Waals surface area contributed by atoms with Crippen molar-refractivity contribution in [3.8, 4) is 0 Å². The van der Waals surface area contributed by atoms with Crippen LogP contribution in [-0.2, 0) is 0 Å². The van der Waals surface area contributed by atoms with Crippen molar-refractivity contribution in [2.45, 2.75) is 0 Å². The standard InChI is InChI=1S/C17H18ClN5O/c18-15-6-4-14(5-7-15)13-20-21-17(24)23-11-9-22(10-12-23)16-3-1-2-8-19-16/h1-8,13H,9-12H2,(H,21,24)/b20-13+. The number of nitrogens with zero attached hydrogens (tertiary/aromatic N) is 4. The molecule has 1 aromatic heterocycles. The van der Waals surface area contributed by atoms with E-state index in [2.05, 4.69) is 20.4 Å². The van der Waals surface area contributed by atoms with Gasteiger partial charge in [0.05, 0.1) is 6.21 Å². The second kappa shape index (κ2) is 7.79. The lowest BCUT2D eigenvalue weighted by Crippen LogP contribution is -2.51. The smallest absolute Gasteiger partial charge is 0.337 e. The van der Waals surface area contributed by atoms with Crippen LogP contribution < -0.4 is 10.3 Å². The number of amides is 2. The highest BCUT2D eigenvalue weighted by atomic mass is 35.5. The van der Waals surface area contributed by atoms with Crippen LogP contribution in [0.5, 0.6) is 0 Å². The number of carbonyl (C=O) groups is 1. The highest BCUT2D eigenvalue weighted by molar-refractivity contribution is 6.30. The molecule has 6 nitrogen and oxygen atoms in total. The summed E-state index contributed by atoms with van der Waals surface area (Å²) in [6, 6.07) is 12.9. The molecule has 124 valence electrons. The van der Waals surface area contributed by atoms with Gasteiger partial charge in [0.1, 0.15) is 5.82 Å². The molecule has 0 atom stereocenters. The summed E-state index contributed by atoms with van der Waals surface area (Å²) in [6.45, 7) is 2.79. The molecule has 1 aliphatic heterocycles. The molecular formula is C17H18ClN5O. The largest absolute Gasteiger partial charge is 0.353 e. The predicted molar refractivity (Wildman–Crippen MR) is 95.6 cm³/mol. The summed E-state index contributed by atoms with van der Waals surface area (Å²) in [5, 5.41) is 4.66. The van der Waals surface area contributed by atoms with Gasteiger partial charge in [0.15, 0.2) is 0 Å². The van der Waals surface area contributed by atoms with Gasteiger partial charge in [-0.05, 0) is 29.8 Å². The van der Waals surface area contributed by atoms with Crippen molar-refractivity contribution in [3.63, 3.8) is 0 Å². The zero-order valence-corrected chi connectivity index (χ0v) is 13.9. The van der Waals surface area contributed by atoms with Crippen molar-refractivity contribution in [1.82, 2.24) is 15.3 Å². The minimum atomic E-state index is -0.194. The Morgan fingerprint density at radius 3 is 2.54 bits per heavy atom. The van der Waals surface area contributed by atoms with Gasteiger partial charge in [-0.3, -0.25) is 0 Å². The lowest BCUT2D eigenvalue weighted by atomic mass is 10.2. The van der Waals surface area contributed by atoms with Crippen LogP contribution in [-0.4, -0.2) is 48.3 Å². The predicted octanol–water partition coefficient (Wildman–Crippen LogP) is 2.60. The Hall–Kier alpha value is -2.60. The number of urea groups is 1. The molecular weight excluding hydrogens is 326 g/mol. The van der Waals surface area contributed by atoms with Gasteiger partial charge in [-0.25, -0.2) is 15.2 Å². The molecule has 0 bridgehead atoms. The first kappa shape index (κ1) is 16.3. The zero-order chi connectivity index (χ0) is 16.8. The third-order valence-electron chi connectivity index (χ3n) is 3.78. The van der Waals surface area contributed by atoms with Gasteiger partial charge in [0, 0.05) is 37.4 Å². The first-order valence-corrected chi connectivity index (χ1v) is 8.10. The van der Waals surface area contributed by atoms with E-state index in [0.717, 1.165) is 24.5 Å². The first-order valence-electron chi connectivity index (χ1n) is 7.72. The maximum Gasteiger partial charge on any atom is 0.337 e. The number of hydrazone groups is 1. The molecule has 0 saturated carbocycles. The van der Waals surface area contributed by atoms with E-state index in [0.29, 0.717) is 18.1 Å². The molecule has 0 radical (unpaired) electrons. The van der Waals surface area contributed by atoms with Crippen molar-refractivity contribution in [2.75, 3.05) is 31.1 Å². The fourth-order valence-corrected chi connectivity index (χ4v) is 2.59. The Bertz CT molecular complexity index is 697. The van der Waals surface area contributed by atoms with E-state index in [1.165, 1.54) is 0 Å². The molecule has 24 heavy (non-hydrogen) atoms. The number of carbonyl (C=O) groups excluding carboxylic acids is 1. The Morgan fingerprint density at radius 2 is 1.88 bits per heavy atom. The van der Waals surface area contributed by atoms with E-state index < -0.39 is 0 Å². The Labute approximate surface area is 145 Å². The molecule has 1 aromatic carbocycles. The Kier molecular flexibility index (Phi) is 5.28. The number of piperazine rings is 1. The average Bonchev–Trinajstić information content (AvgIpc) is 2.64. The fraction of sp³-hybridized carbons (Fsp3) is 0.235. The molecule has 1 saturated heterocycles. The van der Waals surface area contributed by atoms with E-state index in [1.54, 1.807) is 29.4 Å². The van der Waals surface area contributed by atoms with Crippen LogP contribution in [0.3, 0.4) is 0 Å². The molecule has 0 unspecified atom stereocenters. The van der Waals surface area contributed by atoms with Gasteiger partial charge in [0.25, 0.3) is 0 Å². The molecule has 3 rings (SSSR count). The van der Waals surface area contributed by atoms with Gasteiger partial charge in [-0.2, -0.15) is 5.10 Å². The van der Waals surface area contributed by atoms with Crippen LogP contribution in [0.15, 0.2) is 53.8 Å². The fourth-order valence-electron chi connectivity index (χ4n) is 2.46. The first-order chi connectivity index (χ1) is 11.7. The summed E-state index contributed by atoms with van der Waals surface area (Å²) in [6.07, 6.45) is 3.37. The molecule has 1 aliphatic rings. The highest BCUT2D eigenvalue weighted by Crippen LogP contribution is 2.12. The Morgan fingerprint density at radius 1 is 1.12 bits per heavy atom. The number of aromatic nitrogens is 1. The lowest BCUT2D eigenvalue weighted by molar-refractivity contribution is 0.195. The van der Waals surface area contributed by atoms with E-state index in [1.807, 2.05) is 30.3 Å². The number of anilines is 1. The molecule has 7 heteroatoms. The van der Waals surface area contributed by atoms with E-state index in [-0.39, 0.29) is 6.03 Å². The van der Waals surface area contributed by atoms with Gasteiger partial charge < -0.3 is 9.80 Å². The number of benzene rings is 1. The van der Waals surface area contributed by atoms with Gasteiger partial charge in [-0.1, -0.05) is 29.8 Å². The SMILES string of the molecule is O=C(N/N=C/c1ccc(Cl)cc1)N1CCN(c2ccccn2)CC1. The Balaban J connectivity index is 1.47. The third kappa shape index (κ3) is 4.23. The van der Waals surface area contributed by atoms with Crippen LogP contribution in [0.1, 0.15) is 5.56 Å². The molecule has 2 amide bonds. The van der Waals surface area contributed by atoms with Crippen molar-refractivity contribution in [1.29, 1.82) is 0 Å². The van der Waals surface area contributed by atoms with Crippen molar-refractivity contribution >= 4 is 29.7 Å². The number of hydrogen-bond acceptors (Lipinski definition) is 4. The maximum absolute atomic E-state index is 12.1. The monoisotopic (exact) mass is 343 g/mol. The van der Waals surface area contributed by atoms with Crippen molar-refractivity contribution in [2.24, 2.45) is 5.10 Å².